The molecule has 1 amide bonds. The zero-order valence-corrected chi connectivity index (χ0v) is 14.1. The van der Waals surface area contributed by atoms with Crippen LogP contribution in [0.1, 0.15) is 24.0 Å². The van der Waals surface area contributed by atoms with E-state index in [4.69, 9.17) is 4.74 Å². The lowest BCUT2D eigenvalue weighted by Crippen LogP contribution is -2.40. The molecule has 25 heavy (non-hydrogen) atoms. The standard InChI is InChI=1S/C21H23NO3/c23-20-13-11-19(12-14-20)22(15-17-7-3-1-4-8-17)21(24)25-16-18-9-5-2-6-10-18/h1-11,13,19-20,23H,12,14-16H2/t19-,20+/m1/s1. The molecule has 0 unspecified atom stereocenters. The molecule has 2 aromatic carbocycles. The van der Waals surface area contributed by atoms with E-state index >= 15 is 0 Å². The van der Waals surface area contributed by atoms with Gasteiger partial charge in [-0.3, -0.25) is 4.90 Å². The van der Waals surface area contributed by atoms with E-state index in [1.165, 1.54) is 0 Å². The largest absolute Gasteiger partial charge is 0.445 e. The molecule has 4 nitrogen and oxygen atoms in total. The minimum Gasteiger partial charge on any atom is -0.445 e. The fraction of sp³-hybridized carbons (Fsp3) is 0.286. The number of ether oxygens (including phenoxy) is 1. The van der Waals surface area contributed by atoms with Crippen LogP contribution >= 0.6 is 0 Å². The Hall–Kier alpha value is -2.59. The minimum absolute atomic E-state index is 0.0631. The van der Waals surface area contributed by atoms with Crippen molar-refractivity contribution >= 4 is 6.09 Å². The summed E-state index contributed by atoms with van der Waals surface area (Å²) < 4.78 is 5.53. The Bertz CT molecular complexity index is 700. The molecule has 4 heteroatoms. The zero-order valence-electron chi connectivity index (χ0n) is 14.1. The number of carbonyl (C=O) groups is 1. The summed E-state index contributed by atoms with van der Waals surface area (Å²) in [7, 11) is 0. The molecule has 1 aliphatic carbocycles. The van der Waals surface area contributed by atoms with Gasteiger partial charge in [-0.2, -0.15) is 0 Å². The number of aliphatic hydroxyl groups is 1. The highest BCUT2D eigenvalue weighted by molar-refractivity contribution is 5.68. The molecule has 0 heterocycles. The summed E-state index contributed by atoms with van der Waals surface area (Å²) in [5.41, 5.74) is 2.02. The summed E-state index contributed by atoms with van der Waals surface area (Å²) in [6, 6.07) is 19.5. The van der Waals surface area contributed by atoms with E-state index in [1.807, 2.05) is 66.7 Å². The van der Waals surface area contributed by atoms with Crippen molar-refractivity contribution < 1.29 is 14.6 Å². The fourth-order valence-electron chi connectivity index (χ4n) is 2.95. The molecule has 0 aromatic heterocycles. The molecule has 130 valence electrons. The van der Waals surface area contributed by atoms with Gasteiger partial charge in [-0.15, -0.1) is 0 Å². The first-order valence-electron chi connectivity index (χ1n) is 8.60. The van der Waals surface area contributed by atoms with Crippen LogP contribution in [0.3, 0.4) is 0 Å². The van der Waals surface area contributed by atoms with E-state index in [2.05, 4.69) is 0 Å². The van der Waals surface area contributed by atoms with Gasteiger partial charge in [-0.25, -0.2) is 4.79 Å². The summed E-state index contributed by atoms with van der Waals surface area (Å²) in [4.78, 5) is 14.4. The number of aliphatic hydroxyl groups excluding tert-OH is 1. The average molecular weight is 337 g/mol. The maximum absolute atomic E-state index is 12.7. The van der Waals surface area contributed by atoms with Gasteiger partial charge in [0.15, 0.2) is 0 Å². The highest BCUT2D eigenvalue weighted by Crippen LogP contribution is 2.21. The second-order valence-corrected chi connectivity index (χ2v) is 6.25. The second kappa shape index (κ2) is 8.49. The Kier molecular flexibility index (Phi) is 5.86. The molecule has 2 atom stereocenters. The summed E-state index contributed by atoms with van der Waals surface area (Å²) in [6.45, 7) is 0.740. The molecule has 0 spiro atoms. The van der Waals surface area contributed by atoms with Crippen molar-refractivity contribution in [1.29, 1.82) is 0 Å². The van der Waals surface area contributed by atoms with Gasteiger partial charge in [-0.1, -0.05) is 72.8 Å². The molecule has 0 radical (unpaired) electrons. The lowest BCUT2D eigenvalue weighted by atomic mass is 9.99. The number of nitrogens with zero attached hydrogens (tertiary/aromatic N) is 1. The van der Waals surface area contributed by atoms with Crippen molar-refractivity contribution in [2.45, 2.75) is 38.1 Å². The molecule has 1 N–H and O–H groups in total. The topological polar surface area (TPSA) is 49.8 Å². The van der Waals surface area contributed by atoms with E-state index in [9.17, 15) is 9.90 Å². The van der Waals surface area contributed by atoms with Crippen LogP contribution in [0.5, 0.6) is 0 Å². The third kappa shape index (κ3) is 4.94. The first-order valence-corrected chi connectivity index (χ1v) is 8.60. The van der Waals surface area contributed by atoms with Gasteiger partial charge >= 0.3 is 6.09 Å². The summed E-state index contributed by atoms with van der Waals surface area (Å²) >= 11 is 0. The van der Waals surface area contributed by atoms with Crippen molar-refractivity contribution in [3.05, 3.63) is 83.9 Å². The number of carbonyl (C=O) groups excluding carboxylic acids is 1. The molecule has 2 aromatic rings. The van der Waals surface area contributed by atoms with Crippen LogP contribution in [-0.2, 0) is 17.9 Å². The number of hydrogen-bond acceptors (Lipinski definition) is 3. The van der Waals surface area contributed by atoms with Crippen LogP contribution in [0.15, 0.2) is 72.8 Å². The van der Waals surface area contributed by atoms with Crippen molar-refractivity contribution in [1.82, 2.24) is 4.90 Å². The summed E-state index contributed by atoms with van der Waals surface area (Å²) in [5.74, 6) is 0. The van der Waals surface area contributed by atoms with Gasteiger partial charge < -0.3 is 9.84 Å². The Morgan fingerprint density at radius 1 is 0.960 bits per heavy atom. The molecule has 0 saturated heterocycles. The maximum atomic E-state index is 12.7. The van der Waals surface area contributed by atoms with Gasteiger partial charge in [0.2, 0.25) is 0 Å². The lowest BCUT2D eigenvalue weighted by molar-refractivity contribution is 0.0776. The normalized spacial score (nSPS) is 19.4. The average Bonchev–Trinajstić information content (AvgIpc) is 2.67. The molecule has 1 aliphatic rings. The van der Waals surface area contributed by atoms with Crippen LogP contribution in [-0.4, -0.2) is 28.2 Å². The Balaban J connectivity index is 1.70. The molecule has 0 aliphatic heterocycles. The van der Waals surface area contributed by atoms with Gasteiger partial charge in [-0.05, 0) is 24.0 Å². The van der Waals surface area contributed by atoms with E-state index in [0.717, 1.165) is 17.5 Å². The van der Waals surface area contributed by atoms with Crippen molar-refractivity contribution in [3.63, 3.8) is 0 Å². The fourth-order valence-corrected chi connectivity index (χ4v) is 2.95. The molecular formula is C21H23NO3. The van der Waals surface area contributed by atoms with Crippen molar-refractivity contribution in [2.24, 2.45) is 0 Å². The van der Waals surface area contributed by atoms with Gasteiger partial charge in [0.1, 0.15) is 6.61 Å². The van der Waals surface area contributed by atoms with Crippen LogP contribution in [0.2, 0.25) is 0 Å². The monoisotopic (exact) mass is 337 g/mol. The first kappa shape index (κ1) is 17.2. The molecular weight excluding hydrogens is 314 g/mol. The second-order valence-electron chi connectivity index (χ2n) is 6.25. The Morgan fingerprint density at radius 3 is 2.20 bits per heavy atom. The summed E-state index contributed by atoms with van der Waals surface area (Å²) in [6.07, 6.45) is 4.29. The highest BCUT2D eigenvalue weighted by Gasteiger charge is 2.26. The predicted molar refractivity (Wildman–Crippen MR) is 96.8 cm³/mol. The van der Waals surface area contributed by atoms with E-state index in [1.54, 1.807) is 11.0 Å². The van der Waals surface area contributed by atoms with Gasteiger partial charge in [0.05, 0.1) is 12.1 Å². The SMILES string of the molecule is O=C(OCc1ccccc1)N(Cc1ccccc1)[C@@H]1C=C[C@H](O)CC1. The Labute approximate surface area is 148 Å². The number of hydrogen-bond donors (Lipinski definition) is 1. The Morgan fingerprint density at radius 2 is 1.60 bits per heavy atom. The van der Waals surface area contributed by atoms with Gasteiger partial charge in [0.25, 0.3) is 0 Å². The highest BCUT2D eigenvalue weighted by atomic mass is 16.6. The van der Waals surface area contributed by atoms with E-state index in [0.29, 0.717) is 13.0 Å². The van der Waals surface area contributed by atoms with Crippen molar-refractivity contribution in [3.8, 4) is 0 Å². The van der Waals surface area contributed by atoms with E-state index < -0.39 is 6.10 Å². The van der Waals surface area contributed by atoms with Crippen LogP contribution < -0.4 is 0 Å². The van der Waals surface area contributed by atoms with Crippen LogP contribution in [0, 0.1) is 0 Å². The number of rotatable bonds is 5. The predicted octanol–water partition coefficient (Wildman–Crippen LogP) is 3.90. The molecule has 3 rings (SSSR count). The molecule has 0 saturated carbocycles. The maximum Gasteiger partial charge on any atom is 0.410 e. The summed E-state index contributed by atoms with van der Waals surface area (Å²) in [5, 5.41) is 9.67. The zero-order chi connectivity index (χ0) is 17.5. The smallest absolute Gasteiger partial charge is 0.410 e. The minimum atomic E-state index is -0.421. The number of benzene rings is 2. The first-order chi connectivity index (χ1) is 12.2. The molecule has 0 bridgehead atoms. The quantitative estimate of drug-likeness (QED) is 0.842. The third-order valence-corrected chi connectivity index (χ3v) is 4.35. The van der Waals surface area contributed by atoms with E-state index in [-0.39, 0.29) is 18.7 Å². The number of amides is 1. The van der Waals surface area contributed by atoms with Crippen LogP contribution in [0.4, 0.5) is 4.79 Å². The van der Waals surface area contributed by atoms with Gasteiger partial charge in [0, 0.05) is 6.54 Å². The van der Waals surface area contributed by atoms with Crippen molar-refractivity contribution in [2.75, 3.05) is 0 Å². The third-order valence-electron chi connectivity index (χ3n) is 4.35. The molecule has 0 fully saturated rings. The van der Waals surface area contributed by atoms with Crippen LogP contribution in [0.25, 0.3) is 0 Å². The lowest BCUT2D eigenvalue weighted by Gasteiger charge is -2.32.